The first-order chi connectivity index (χ1) is 7.72. The van der Waals surface area contributed by atoms with Crippen LogP contribution in [0.4, 0.5) is 0 Å². The molecule has 1 N–H and O–H groups in total. The van der Waals surface area contributed by atoms with Crippen LogP contribution < -0.4 is 5.32 Å². The maximum absolute atomic E-state index is 4.12. The van der Waals surface area contributed by atoms with Gasteiger partial charge >= 0.3 is 0 Å². The number of rotatable bonds is 6. The Hall–Kier alpha value is -1.15. The molecule has 16 heavy (non-hydrogen) atoms. The number of nitrogens with one attached hydrogen (secondary N) is 1. The van der Waals surface area contributed by atoms with Crippen LogP contribution in [0.3, 0.4) is 0 Å². The average molecular weight is 218 g/mol. The Morgan fingerprint density at radius 3 is 2.88 bits per heavy atom. The molecule has 0 saturated heterocycles. The van der Waals surface area contributed by atoms with Crippen molar-refractivity contribution in [2.75, 3.05) is 13.1 Å². The first-order valence-corrected chi connectivity index (χ1v) is 6.02. The zero-order valence-corrected chi connectivity index (χ0v) is 10.5. The van der Waals surface area contributed by atoms with Crippen molar-refractivity contribution in [3.63, 3.8) is 0 Å². The lowest BCUT2D eigenvalue weighted by Crippen LogP contribution is -2.21. The first-order valence-electron chi connectivity index (χ1n) is 6.02. The summed E-state index contributed by atoms with van der Waals surface area (Å²) in [5.41, 5.74) is 2.61. The maximum atomic E-state index is 4.12. The van der Waals surface area contributed by atoms with E-state index in [9.17, 15) is 0 Å². The summed E-state index contributed by atoms with van der Waals surface area (Å²) in [5, 5.41) is 3.47. The monoisotopic (exact) mass is 218 g/mol. The Balaban J connectivity index is 2.50. The van der Waals surface area contributed by atoms with E-state index < -0.39 is 0 Å². The highest BCUT2D eigenvalue weighted by Gasteiger charge is 1.97. The maximum Gasteiger partial charge on any atom is 0.0340 e. The minimum atomic E-state index is 0.705. The van der Waals surface area contributed by atoms with Gasteiger partial charge in [-0.2, -0.15) is 0 Å². The van der Waals surface area contributed by atoms with Gasteiger partial charge in [0.2, 0.25) is 0 Å². The van der Waals surface area contributed by atoms with Crippen LogP contribution >= 0.6 is 0 Å². The van der Waals surface area contributed by atoms with Gasteiger partial charge in [-0.1, -0.05) is 38.5 Å². The van der Waals surface area contributed by atoms with Gasteiger partial charge in [0.25, 0.3) is 0 Å². The van der Waals surface area contributed by atoms with Crippen molar-refractivity contribution < 1.29 is 0 Å². The van der Waals surface area contributed by atoms with E-state index in [-0.39, 0.29) is 0 Å². The molecule has 2 nitrogen and oxygen atoms in total. The van der Waals surface area contributed by atoms with Crippen molar-refractivity contribution in [3.8, 4) is 0 Å². The van der Waals surface area contributed by atoms with Crippen molar-refractivity contribution in [1.29, 1.82) is 0 Å². The van der Waals surface area contributed by atoms with E-state index in [1.54, 1.807) is 6.20 Å². The zero-order chi connectivity index (χ0) is 11.8. The molecule has 1 aromatic rings. The molecule has 2 heteroatoms. The molecular formula is C14H22N2. The second-order valence-electron chi connectivity index (χ2n) is 4.47. The molecule has 0 radical (unpaired) electrons. The van der Waals surface area contributed by atoms with Crippen molar-refractivity contribution in [2.45, 2.75) is 27.2 Å². The van der Waals surface area contributed by atoms with E-state index in [0.29, 0.717) is 5.92 Å². The molecule has 1 heterocycles. The van der Waals surface area contributed by atoms with Crippen molar-refractivity contribution in [3.05, 3.63) is 35.7 Å². The molecule has 0 saturated carbocycles. The highest BCUT2D eigenvalue weighted by molar-refractivity contribution is 5.51. The molecular weight excluding hydrogens is 196 g/mol. The summed E-state index contributed by atoms with van der Waals surface area (Å²) in [4.78, 5) is 4.12. The third-order valence-electron chi connectivity index (χ3n) is 2.41. The highest BCUT2D eigenvalue weighted by atomic mass is 14.9. The summed E-state index contributed by atoms with van der Waals surface area (Å²) in [6, 6.07) is 4.06. The summed E-state index contributed by atoms with van der Waals surface area (Å²) < 4.78 is 0. The molecule has 0 unspecified atom stereocenters. The number of hydrogen-bond acceptors (Lipinski definition) is 2. The molecule has 1 aromatic heterocycles. The Morgan fingerprint density at radius 2 is 2.31 bits per heavy atom. The quantitative estimate of drug-likeness (QED) is 0.793. The molecule has 0 amide bonds. The normalized spacial score (nSPS) is 12.1. The summed E-state index contributed by atoms with van der Waals surface area (Å²) in [6.07, 6.45) is 7.01. The molecule has 0 atom stereocenters. The third kappa shape index (κ3) is 5.08. The lowest BCUT2D eigenvalue weighted by molar-refractivity contribution is 0.569. The average Bonchev–Trinajstić information content (AvgIpc) is 2.28. The Bertz CT molecular complexity index is 315. The van der Waals surface area contributed by atoms with Gasteiger partial charge in [-0.15, -0.1) is 0 Å². The van der Waals surface area contributed by atoms with Gasteiger partial charge in [-0.05, 0) is 30.5 Å². The SMILES string of the molecule is CCC(=Cc1cccnc1)CNCC(C)C. The van der Waals surface area contributed by atoms with Crippen molar-refractivity contribution in [2.24, 2.45) is 5.92 Å². The van der Waals surface area contributed by atoms with Crippen LogP contribution in [-0.2, 0) is 0 Å². The molecule has 1 rings (SSSR count). The molecule has 0 fully saturated rings. The predicted octanol–water partition coefficient (Wildman–Crippen LogP) is 3.12. The second-order valence-corrected chi connectivity index (χ2v) is 4.47. The number of pyridine rings is 1. The van der Waals surface area contributed by atoms with Gasteiger partial charge in [0.1, 0.15) is 0 Å². The van der Waals surface area contributed by atoms with E-state index >= 15 is 0 Å². The lowest BCUT2D eigenvalue weighted by Gasteiger charge is -2.09. The van der Waals surface area contributed by atoms with Crippen LogP contribution in [0, 0.1) is 5.92 Å². The summed E-state index contributed by atoms with van der Waals surface area (Å²) in [7, 11) is 0. The molecule has 0 bridgehead atoms. The van der Waals surface area contributed by atoms with Gasteiger partial charge in [0, 0.05) is 18.9 Å². The summed E-state index contributed by atoms with van der Waals surface area (Å²) >= 11 is 0. The molecule has 88 valence electrons. The third-order valence-corrected chi connectivity index (χ3v) is 2.41. The van der Waals surface area contributed by atoms with Crippen LogP contribution in [0.15, 0.2) is 30.1 Å². The minimum absolute atomic E-state index is 0.705. The van der Waals surface area contributed by atoms with Crippen molar-refractivity contribution in [1.82, 2.24) is 10.3 Å². The fourth-order valence-electron chi connectivity index (χ4n) is 1.50. The predicted molar refractivity (Wildman–Crippen MR) is 70.2 cm³/mol. The fraction of sp³-hybridized carbons (Fsp3) is 0.500. The number of nitrogens with zero attached hydrogens (tertiary/aromatic N) is 1. The fourth-order valence-corrected chi connectivity index (χ4v) is 1.50. The molecule has 0 aliphatic rings. The molecule has 0 spiro atoms. The largest absolute Gasteiger partial charge is 0.313 e. The second kappa shape index (κ2) is 7.18. The van der Waals surface area contributed by atoms with E-state index in [2.05, 4.69) is 43.2 Å². The van der Waals surface area contributed by atoms with Crippen LogP contribution in [-0.4, -0.2) is 18.1 Å². The van der Waals surface area contributed by atoms with Gasteiger partial charge in [-0.3, -0.25) is 4.98 Å². The number of aromatic nitrogens is 1. The molecule has 0 aliphatic heterocycles. The van der Waals surface area contributed by atoms with Crippen molar-refractivity contribution >= 4 is 6.08 Å². The molecule has 0 aromatic carbocycles. The van der Waals surface area contributed by atoms with E-state index in [1.807, 2.05) is 12.3 Å². The summed E-state index contributed by atoms with van der Waals surface area (Å²) in [5.74, 6) is 0.705. The highest BCUT2D eigenvalue weighted by Crippen LogP contribution is 2.07. The van der Waals surface area contributed by atoms with Crippen LogP contribution in [0.25, 0.3) is 6.08 Å². The van der Waals surface area contributed by atoms with Gasteiger partial charge in [0.15, 0.2) is 0 Å². The van der Waals surface area contributed by atoms with E-state index in [0.717, 1.165) is 19.5 Å². The zero-order valence-electron chi connectivity index (χ0n) is 10.5. The van der Waals surface area contributed by atoms with Gasteiger partial charge < -0.3 is 5.32 Å². The van der Waals surface area contributed by atoms with Crippen LogP contribution in [0.1, 0.15) is 32.8 Å². The standard InChI is InChI=1S/C14H22N2/c1-4-13(10-16-9-12(2)3)8-14-6-5-7-15-11-14/h5-8,11-12,16H,4,9-10H2,1-3H3. The minimum Gasteiger partial charge on any atom is -0.313 e. The summed E-state index contributed by atoms with van der Waals surface area (Å²) in [6.45, 7) is 8.69. The topological polar surface area (TPSA) is 24.9 Å². The first kappa shape index (κ1) is 12.9. The van der Waals surface area contributed by atoms with Gasteiger partial charge in [0.05, 0.1) is 0 Å². The number of hydrogen-bond donors (Lipinski definition) is 1. The smallest absolute Gasteiger partial charge is 0.0340 e. The van der Waals surface area contributed by atoms with Crippen LogP contribution in [0.5, 0.6) is 0 Å². The van der Waals surface area contributed by atoms with Gasteiger partial charge in [-0.25, -0.2) is 0 Å². The van der Waals surface area contributed by atoms with E-state index in [1.165, 1.54) is 11.1 Å². The lowest BCUT2D eigenvalue weighted by atomic mass is 10.1. The Kier molecular flexibility index (Phi) is 5.79. The molecule has 0 aliphatic carbocycles. The Labute approximate surface area is 98.8 Å². The van der Waals surface area contributed by atoms with E-state index in [4.69, 9.17) is 0 Å². The van der Waals surface area contributed by atoms with Crippen LogP contribution in [0.2, 0.25) is 0 Å². The Morgan fingerprint density at radius 1 is 1.50 bits per heavy atom.